The third-order valence-electron chi connectivity index (χ3n) is 4.29. The Balaban J connectivity index is 1.58. The molecule has 0 radical (unpaired) electrons. The zero-order valence-corrected chi connectivity index (χ0v) is 18.3. The second-order valence-electron chi connectivity index (χ2n) is 6.30. The standard InChI is InChI=1S/C20H15Cl2N3O2S2/c1-12(24-25-29(26,27)20-11-14(21)7-8-15(20)22)13-6-9-19-17(10-13)23-16-4-2-3-5-18(16)28-19/h2-11,23,25H,1H3/b24-12+. The molecule has 0 spiro atoms. The van der Waals surface area contributed by atoms with E-state index in [4.69, 9.17) is 23.2 Å². The SMILES string of the molecule is C/C(=N\NS(=O)(=O)c1cc(Cl)ccc1Cl)c1ccc2c(c1)Nc1ccccc1S2. The molecule has 29 heavy (non-hydrogen) atoms. The largest absolute Gasteiger partial charge is 0.354 e. The molecule has 9 heteroatoms. The van der Waals surface area contributed by atoms with E-state index in [-0.39, 0.29) is 14.9 Å². The number of hydrazone groups is 1. The first-order valence-corrected chi connectivity index (χ1v) is 11.6. The molecule has 0 atom stereocenters. The van der Waals surface area contributed by atoms with Gasteiger partial charge in [0.1, 0.15) is 4.90 Å². The van der Waals surface area contributed by atoms with E-state index in [1.54, 1.807) is 18.7 Å². The summed E-state index contributed by atoms with van der Waals surface area (Å²) in [7, 11) is -3.95. The molecule has 0 bridgehead atoms. The van der Waals surface area contributed by atoms with Gasteiger partial charge in [-0.25, -0.2) is 0 Å². The fourth-order valence-electron chi connectivity index (χ4n) is 2.79. The number of fused-ring (bicyclic) bond motifs is 2. The topological polar surface area (TPSA) is 70.6 Å². The molecular formula is C20H15Cl2N3O2S2. The van der Waals surface area contributed by atoms with Crippen molar-refractivity contribution >= 4 is 62.1 Å². The predicted octanol–water partition coefficient (Wildman–Crippen LogP) is 5.90. The van der Waals surface area contributed by atoms with Crippen LogP contribution in [0.4, 0.5) is 11.4 Å². The summed E-state index contributed by atoms with van der Waals surface area (Å²) < 4.78 is 25.1. The molecule has 148 valence electrons. The van der Waals surface area contributed by atoms with Gasteiger partial charge in [-0.3, -0.25) is 0 Å². The minimum Gasteiger partial charge on any atom is -0.354 e. The highest BCUT2D eigenvalue weighted by Gasteiger charge is 2.19. The zero-order valence-electron chi connectivity index (χ0n) is 15.1. The lowest BCUT2D eigenvalue weighted by Gasteiger charge is -2.21. The second kappa shape index (κ2) is 7.91. The lowest BCUT2D eigenvalue weighted by Crippen LogP contribution is -2.20. The van der Waals surface area contributed by atoms with E-state index in [0.29, 0.717) is 5.71 Å². The second-order valence-corrected chi connectivity index (χ2v) is 9.86. The maximum absolute atomic E-state index is 12.5. The Morgan fingerprint density at radius 3 is 2.59 bits per heavy atom. The van der Waals surface area contributed by atoms with E-state index in [9.17, 15) is 8.42 Å². The van der Waals surface area contributed by atoms with Crippen LogP contribution in [-0.2, 0) is 10.0 Å². The number of rotatable bonds is 4. The summed E-state index contributed by atoms with van der Waals surface area (Å²) >= 11 is 13.6. The minimum atomic E-state index is -3.95. The molecule has 0 saturated carbocycles. The molecule has 2 N–H and O–H groups in total. The normalized spacial score (nSPS) is 13.3. The summed E-state index contributed by atoms with van der Waals surface area (Å²) in [6, 6.07) is 18.1. The summed E-state index contributed by atoms with van der Waals surface area (Å²) in [4.78, 5) is 4.35. The first kappa shape index (κ1) is 20.1. The van der Waals surface area contributed by atoms with Gasteiger partial charge in [0.2, 0.25) is 0 Å². The molecule has 0 aromatic heterocycles. The Labute approximate surface area is 183 Å². The molecule has 3 aromatic rings. The number of hydrogen-bond acceptors (Lipinski definition) is 5. The van der Waals surface area contributed by atoms with Crippen molar-refractivity contribution in [3.05, 3.63) is 76.3 Å². The summed E-state index contributed by atoms with van der Waals surface area (Å²) in [5, 5.41) is 7.79. The van der Waals surface area contributed by atoms with Crippen molar-refractivity contribution in [3.8, 4) is 0 Å². The third kappa shape index (κ3) is 4.23. The predicted molar refractivity (Wildman–Crippen MR) is 119 cm³/mol. The molecular weight excluding hydrogens is 449 g/mol. The molecule has 0 fully saturated rings. The number of hydrogen-bond donors (Lipinski definition) is 2. The van der Waals surface area contributed by atoms with Crippen LogP contribution in [0.3, 0.4) is 0 Å². The lowest BCUT2D eigenvalue weighted by atomic mass is 10.1. The molecule has 4 rings (SSSR count). The highest BCUT2D eigenvalue weighted by Crippen LogP contribution is 2.44. The van der Waals surface area contributed by atoms with Gasteiger partial charge >= 0.3 is 0 Å². The highest BCUT2D eigenvalue weighted by molar-refractivity contribution is 7.99. The number of benzene rings is 3. The van der Waals surface area contributed by atoms with Crippen LogP contribution >= 0.6 is 35.0 Å². The monoisotopic (exact) mass is 463 g/mol. The molecule has 3 aromatic carbocycles. The Morgan fingerprint density at radius 2 is 1.76 bits per heavy atom. The average Bonchev–Trinajstić information content (AvgIpc) is 2.71. The summed E-state index contributed by atoms with van der Waals surface area (Å²) in [6.07, 6.45) is 0. The number of anilines is 2. The Bertz CT molecular complexity index is 1240. The number of sulfonamides is 1. The summed E-state index contributed by atoms with van der Waals surface area (Å²) in [5.41, 5.74) is 3.28. The summed E-state index contributed by atoms with van der Waals surface area (Å²) in [6.45, 7) is 1.73. The van der Waals surface area contributed by atoms with E-state index in [0.717, 1.165) is 26.7 Å². The molecule has 1 aliphatic heterocycles. The van der Waals surface area contributed by atoms with Gasteiger partial charge in [0.25, 0.3) is 10.0 Å². The van der Waals surface area contributed by atoms with Crippen molar-refractivity contribution < 1.29 is 8.42 Å². The van der Waals surface area contributed by atoms with Crippen LogP contribution in [0.1, 0.15) is 12.5 Å². The van der Waals surface area contributed by atoms with Gasteiger partial charge in [-0.2, -0.15) is 18.4 Å². The maximum atomic E-state index is 12.5. The molecule has 0 amide bonds. The number of nitrogens with zero attached hydrogens (tertiary/aromatic N) is 1. The van der Waals surface area contributed by atoms with E-state index in [2.05, 4.69) is 21.3 Å². The Morgan fingerprint density at radius 1 is 1.00 bits per heavy atom. The minimum absolute atomic E-state index is 0.0726. The highest BCUT2D eigenvalue weighted by atomic mass is 35.5. The molecule has 0 unspecified atom stereocenters. The van der Waals surface area contributed by atoms with Gasteiger partial charge in [-0.15, -0.1) is 0 Å². The van der Waals surface area contributed by atoms with Gasteiger partial charge in [-0.05, 0) is 55.0 Å². The Hall–Kier alpha value is -2.19. The van der Waals surface area contributed by atoms with Crippen molar-refractivity contribution in [2.45, 2.75) is 21.6 Å². The van der Waals surface area contributed by atoms with Crippen molar-refractivity contribution in [1.82, 2.24) is 4.83 Å². The molecule has 1 aliphatic rings. The van der Waals surface area contributed by atoms with Gasteiger partial charge in [0.05, 0.1) is 22.1 Å². The van der Waals surface area contributed by atoms with Crippen LogP contribution in [0.2, 0.25) is 10.0 Å². The van der Waals surface area contributed by atoms with Gasteiger partial charge in [0.15, 0.2) is 0 Å². The van der Waals surface area contributed by atoms with Crippen LogP contribution in [0.15, 0.2) is 80.5 Å². The van der Waals surface area contributed by atoms with Crippen LogP contribution in [0, 0.1) is 0 Å². The van der Waals surface area contributed by atoms with E-state index < -0.39 is 10.0 Å². The van der Waals surface area contributed by atoms with E-state index >= 15 is 0 Å². The van der Waals surface area contributed by atoms with Gasteiger partial charge in [0, 0.05) is 14.8 Å². The van der Waals surface area contributed by atoms with Crippen LogP contribution in [-0.4, -0.2) is 14.1 Å². The van der Waals surface area contributed by atoms with Crippen LogP contribution in [0.5, 0.6) is 0 Å². The number of nitrogens with one attached hydrogen (secondary N) is 2. The zero-order chi connectivity index (χ0) is 20.6. The third-order valence-corrected chi connectivity index (χ3v) is 7.37. The molecule has 1 heterocycles. The van der Waals surface area contributed by atoms with Gasteiger partial charge in [-0.1, -0.05) is 53.2 Å². The number of para-hydroxylation sites is 1. The average molecular weight is 464 g/mol. The van der Waals surface area contributed by atoms with E-state index in [1.807, 2.05) is 36.4 Å². The summed E-state index contributed by atoms with van der Waals surface area (Å²) in [5.74, 6) is 0. The molecule has 0 aliphatic carbocycles. The molecule has 5 nitrogen and oxygen atoms in total. The van der Waals surface area contributed by atoms with Crippen molar-refractivity contribution in [1.29, 1.82) is 0 Å². The van der Waals surface area contributed by atoms with Crippen molar-refractivity contribution in [2.24, 2.45) is 5.10 Å². The first-order chi connectivity index (χ1) is 13.8. The first-order valence-electron chi connectivity index (χ1n) is 8.53. The Kier molecular flexibility index (Phi) is 5.48. The van der Waals surface area contributed by atoms with Crippen LogP contribution < -0.4 is 10.1 Å². The quantitative estimate of drug-likeness (QED) is 0.291. The molecule has 0 saturated heterocycles. The maximum Gasteiger partial charge on any atom is 0.278 e. The van der Waals surface area contributed by atoms with Gasteiger partial charge < -0.3 is 5.32 Å². The lowest BCUT2D eigenvalue weighted by molar-refractivity contribution is 0.584. The van der Waals surface area contributed by atoms with Crippen molar-refractivity contribution in [2.75, 3.05) is 5.32 Å². The van der Waals surface area contributed by atoms with Crippen molar-refractivity contribution in [3.63, 3.8) is 0 Å². The fourth-order valence-corrected chi connectivity index (χ4v) is 5.38. The smallest absolute Gasteiger partial charge is 0.278 e. The fraction of sp³-hybridized carbons (Fsp3) is 0.0500. The van der Waals surface area contributed by atoms with E-state index in [1.165, 1.54) is 18.2 Å². The van der Waals surface area contributed by atoms with Crippen LogP contribution in [0.25, 0.3) is 0 Å². The number of halogens is 2.